The van der Waals surface area contributed by atoms with E-state index in [0.717, 1.165) is 50.2 Å². The number of nitrogens with one attached hydrogen (secondary N) is 2. The lowest BCUT2D eigenvalue weighted by atomic mass is 9.87. The Kier molecular flexibility index (Phi) is 5.81. The van der Waals surface area contributed by atoms with E-state index in [2.05, 4.69) is 28.8 Å². The molecule has 1 heterocycles. The molecular weight excluding hydrogens is 350 g/mol. The molecule has 1 aliphatic carbocycles. The number of carbonyl (C=O) groups is 1. The lowest BCUT2D eigenvalue weighted by Gasteiger charge is -2.36. The fourth-order valence-electron chi connectivity index (χ4n) is 4.31. The molecule has 0 saturated carbocycles. The van der Waals surface area contributed by atoms with Crippen LogP contribution in [0.1, 0.15) is 30.4 Å². The van der Waals surface area contributed by atoms with Crippen LogP contribution in [0.3, 0.4) is 0 Å². The number of ether oxygens (including phenoxy) is 1. The highest BCUT2D eigenvalue weighted by molar-refractivity contribution is 5.89. The average Bonchev–Trinajstić information content (AvgIpc) is 2.74. The van der Waals surface area contributed by atoms with Crippen LogP contribution in [0.15, 0.2) is 48.5 Å². The van der Waals surface area contributed by atoms with Gasteiger partial charge in [0.1, 0.15) is 5.75 Å². The molecule has 28 heavy (non-hydrogen) atoms. The van der Waals surface area contributed by atoms with Crippen molar-refractivity contribution in [2.24, 2.45) is 0 Å². The number of urea groups is 1. The van der Waals surface area contributed by atoms with Crippen LogP contribution >= 0.6 is 0 Å². The van der Waals surface area contributed by atoms with Crippen LogP contribution in [0.2, 0.25) is 0 Å². The fraction of sp³-hybridized carbons (Fsp3) is 0.435. The number of para-hydroxylation sites is 1. The van der Waals surface area contributed by atoms with Crippen molar-refractivity contribution < 1.29 is 9.53 Å². The number of hydrogen-bond acceptors (Lipinski definition) is 3. The fourth-order valence-corrected chi connectivity index (χ4v) is 4.31. The number of rotatable bonds is 4. The van der Waals surface area contributed by atoms with Gasteiger partial charge in [-0.2, -0.15) is 0 Å². The first-order valence-corrected chi connectivity index (χ1v) is 10.2. The van der Waals surface area contributed by atoms with Crippen LogP contribution in [0.5, 0.6) is 5.75 Å². The largest absolute Gasteiger partial charge is 0.497 e. The summed E-state index contributed by atoms with van der Waals surface area (Å²) in [7, 11) is 1.72. The van der Waals surface area contributed by atoms with Gasteiger partial charge in [-0.15, -0.1) is 0 Å². The number of aryl methyl sites for hydroxylation is 1. The molecule has 2 aromatic rings. The van der Waals surface area contributed by atoms with Crippen molar-refractivity contribution in [3.05, 3.63) is 59.7 Å². The summed E-state index contributed by atoms with van der Waals surface area (Å²) >= 11 is 0. The number of anilines is 1. The Labute approximate surface area is 167 Å². The van der Waals surface area contributed by atoms with E-state index in [-0.39, 0.29) is 6.03 Å². The standard InChI is InChI=1S/C23H29N3O2/c1-28-22-10-8-17-7-9-21(15-18(17)16-22)24-20-11-13-26(14-12-20)23(27)25-19-5-3-2-4-6-19/h2-6,8,10,16,20-21,24H,7,9,11-15H2,1H3,(H,25,27)/t21-/m1/s1. The number of methoxy groups -OCH3 is 1. The summed E-state index contributed by atoms with van der Waals surface area (Å²) in [5.41, 5.74) is 3.71. The quantitative estimate of drug-likeness (QED) is 0.849. The highest BCUT2D eigenvalue weighted by atomic mass is 16.5. The Bertz CT molecular complexity index is 801. The lowest BCUT2D eigenvalue weighted by Crippen LogP contribution is -2.49. The first-order valence-electron chi connectivity index (χ1n) is 10.2. The second-order valence-electron chi connectivity index (χ2n) is 7.80. The Morgan fingerprint density at radius 3 is 2.54 bits per heavy atom. The molecule has 1 saturated heterocycles. The molecule has 0 radical (unpaired) electrons. The van der Waals surface area contributed by atoms with E-state index in [1.807, 2.05) is 35.2 Å². The zero-order valence-corrected chi connectivity index (χ0v) is 16.5. The molecule has 4 rings (SSSR count). The molecule has 1 fully saturated rings. The van der Waals surface area contributed by atoms with Gasteiger partial charge in [-0.05, 0) is 67.5 Å². The van der Waals surface area contributed by atoms with Gasteiger partial charge in [-0.25, -0.2) is 4.79 Å². The number of nitrogens with zero attached hydrogens (tertiary/aromatic N) is 1. The van der Waals surface area contributed by atoms with Crippen molar-refractivity contribution in [3.63, 3.8) is 0 Å². The van der Waals surface area contributed by atoms with Crippen molar-refractivity contribution in [1.82, 2.24) is 10.2 Å². The number of benzene rings is 2. The predicted octanol–water partition coefficient (Wildman–Crippen LogP) is 3.84. The molecule has 2 amide bonds. The van der Waals surface area contributed by atoms with Crippen LogP contribution < -0.4 is 15.4 Å². The maximum absolute atomic E-state index is 12.4. The van der Waals surface area contributed by atoms with Gasteiger partial charge in [-0.1, -0.05) is 24.3 Å². The molecule has 5 heteroatoms. The minimum Gasteiger partial charge on any atom is -0.497 e. The molecular formula is C23H29N3O2. The van der Waals surface area contributed by atoms with Gasteiger partial charge in [0.15, 0.2) is 0 Å². The minimum absolute atomic E-state index is 0.00309. The van der Waals surface area contributed by atoms with Crippen LogP contribution in [0.4, 0.5) is 10.5 Å². The van der Waals surface area contributed by atoms with Gasteiger partial charge in [0, 0.05) is 30.9 Å². The zero-order valence-electron chi connectivity index (χ0n) is 16.5. The summed E-state index contributed by atoms with van der Waals surface area (Å²) in [5, 5.41) is 6.83. The van der Waals surface area contributed by atoms with Gasteiger partial charge < -0.3 is 20.3 Å². The van der Waals surface area contributed by atoms with E-state index in [9.17, 15) is 4.79 Å². The first kappa shape index (κ1) is 18.8. The van der Waals surface area contributed by atoms with Gasteiger partial charge in [0.05, 0.1) is 7.11 Å². The van der Waals surface area contributed by atoms with Crippen LogP contribution in [-0.2, 0) is 12.8 Å². The number of hydrogen-bond donors (Lipinski definition) is 2. The highest BCUT2D eigenvalue weighted by Gasteiger charge is 2.26. The third-order valence-corrected chi connectivity index (χ3v) is 5.92. The first-order chi connectivity index (χ1) is 13.7. The van der Waals surface area contributed by atoms with E-state index in [4.69, 9.17) is 4.74 Å². The van der Waals surface area contributed by atoms with Gasteiger partial charge in [-0.3, -0.25) is 0 Å². The summed E-state index contributed by atoms with van der Waals surface area (Å²) in [6, 6.07) is 17.1. The maximum Gasteiger partial charge on any atom is 0.321 e. The lowest BCUT2D eigenvalue weighted by molar-refractivity contribution is 0.185. The topological polar surface area (TPSA) is 53.6 Å². The third-order valence-electron chi connectivity index (χ3n) is 5.92. The zero-order chi connectivity index (χ0) is 19.3. The summed E-state index contributed by atoms with van der Waals surface area (Å²) < 4.78 is 5.38. The van der Waals surface area contributed by atoms with Crippen molar-refractivity contribution in [2.75, 3.05) is 25.5 Å². The summed E-state index contributed by atoms with van der Waals surface area (Å²) in [6.07, 6.45) is 5.36. The Morgan fingerprint density at radius 1 is 1.00 bits per heavy atom. The number of piperidine rings is 1. The second kappa shape index (κ2) is 8.65. The molecule has 2 N–H and O–H groups in total. The molecule has 0 unspecified atom stereocenters. The van der Waals surface area contributed by atoms with E-state index in [1.165, 1.54) is 17.5 Å². The van der Waals surface area contributed by atoms with Gasteiger partial charge in [0.25, 0.3) is 0 Å². The third kappa shape index (κ3) is 4.47. The van der Waals surface area contributed by atoms with Crippen molar-refractivity contribution in [1.29, 1.82) is 0 Å². The number of fused-ring (bicyclic) bond motifs is 1. The molecule has 2 aromatic carbocycles. The molecule has 5 nitrogen and oxygen atoms in total. The van der Waals surface area contributed by atoms with Crippen molar-refractivity contribution in [2.45, 2.75) is 44.2 Å². The molecule has 0 bridgehead atoms. The molecule has 1 atom stereocenters. The van der Waals surface area contributed by atoms with Gasteiger partial charge >= 0.3 is 6.03 Å². The Morgan fingerprint density at radius 2 is 1.79 bits per heavy atom. The van der Waals surface area contributed by atoms with Gasteiger partial charge in [0.2, 0.25) is 0 Å². The number of amides is 2. The normalized spacial score (nSPS) is 19.8. The number of carbonyl (C=O) groups excluding carboxylic acids is 1. The maximum atomic E-state index is 12.4. The van der Waals surface area contributed by atoms with Crippen molar-refractivity contribution in [3.8, 4) is 5.75 Å². The summed E-state index contributed by atoms with van der Waals surface area (Å²) in [6.45, 7) is 1.60. The highest BCUT2D eigenvalue weighted by Crippen LogP contribution is 2.26. The number of likely N-dealkylation sites (tertiary alicyclic amines) is 1. The molecule has 1 aliphatic heterocycles. The molecule has 0 spiro atoms. The average molecular weight is 380 g/mol. The second-order valence-corrected chi connectivity index (χ2v) is 7.80. The monoisotopic (exact) mass is 379 g/mol. The smallest absolute Gasteiger partial charge is 0.321 e. The van der Waals surface area contributed by atoms with Crippen LogP contribution in [0.25, 0.3) is 0 Å². The minimum atomic E-state index is 0.00309. The van der Waals surface area contributed by atoms with Crippen LogP contribution in [0, 0.1) is 0 Å². The molecule has 2 aliphatic rings. The summed E-state index contributed by atoms with van der Waals surface area (Å²) in [5.74, 6) is 0.942. The molecule has 0 aromatic heterocycles. The van der Waals surface area contributed by atoms with E-state index in [1.54, 1.807) is 7.11 Å². The molecule has 148 valence electrons. The van der Waals surface area contributed by atoms with E-state index in [0.29, 0.717) is 12.1 Å². The SMILES string of the molecule is COc1ccc2c(c1)C[C@H](NC1CCN(C(=O)Nc3ccccc3)CC1)CC2. The van der Waals surface area contributed by atoms with Crippen molar-refractivity contribution >= 4 is 11.7 Å². The summed E-state index contributed by atoms with van der Waals surface area (Å²) in [4.78, 5) is 14.4. The Hall–Kier alpha value is -2.53. The van der Waals surface area contributed by atoms with E-state index >= 15 is 0 Å². The predicted molar refractivity (Wildman–Crippen MR) is 112 cm³/mol. The Balaban J connectivity index is 1.26. The van der Waals surface area contributed by atoms with Crippen LogP contribution in [-0.4, -0.2) is 43.2 Å². The van der Waals surface area contributed by atoms with E-state index < -0.39 is 0 Å².